The molecule has 0 spiro atoms. The summed E-state index contributed by atoms with van der Waals surface area (Å²) in [5.74, 6) is 0. The van der Waals surface area contributed by atoms with Gasteiger partial charge in [-0.15, -0.1) is 0 Å². The molecular weight excluding hydrogens is 245 g/mol. The number of carbonyl (C=O) groups is 1. The topological polar surface area (TPSA) is 26.3 Å². The molecule has 1 aliphatic rings. The van der Waals surface area contributed by atoms with E-state index >= 15 is 0 Å². The first-order chi connectivity index (χ1) is 7.33. The molecule has 2 nitrogen and oxygen atoms in total. The van der Waals surface area contributed by atoms with Crippen LogP contribution in [0.5, 0.6) is 0 Å². The van der Waals surface area contributed by atoms with Crippen molar-refractivity contribution in [3.63, 3.8) is 0 Å². The van der Waals surface area contributed by atoms with Gasteiger partial charge in [0.1, 0.15) is 0 Å². The Morgan fingerprint density at radius 2 is 2.25 bits per heavy atom. The number of hydrogen-bond donors (Lipinski definition) is 0. The first-order valence-corrected chi connectivity index (χ1v) is 4.87. The molecule has 90 valence electrons. The fourth-order valence-electron chi connectivity index (χ4n) is 1.66. The third-order valence-electron chi connectivity index (χ3n) is 2.49. The number of ether oxygens (including phenoxy) is 1. The van der Waals surface area contributed by atoms with Crippen LogP contribution in [0.1, 0.15) is 12.8 Å². The van der Waals surface area contributed by atoms with Crippen molar-refractivity contribution in [1.82, 2.24) is 0 Å². The van der Waals surface area contributed by atoms with Crippen LogP contribution in [0, 0.1) is 0 Å². The van der Waals surface area contributed by atoms with Gasteiger partial charge in [0.25, 0.3) is 0 Å². The van der Waals surface area contributed by atoms with E-state index in [4.69, 9.17) is 11.6 Å². The first-order valence-electron chi connectivity index (χ1n) is 4.50. The molecule has 0 aromatic rings. The molecule has 0 amide bonds. The van der Waals surface area contributed by atoms with Crippen molar-refractivity contribution in [2.45, 2.75) is 24.6 Å². The molecule has 1 rings (SSSR count). The Labute approximate surface area is 95.7 Å². The van der Waals surface area contributed by atoms with Crippen molar-refractivity contribution >= 4 is 16.8 Å². The second-order valence-electron chi connectivity index (χ2n) is 3.38. The van der Waals surface area contributed by atoms with Gasteiger partial charge in [-0.2, -0.15) is 13.2 Å². The highest BCUT2D eigenvalue weighted by Gasteiger charge is 2.57. The van der Waals surface area contributed by atoms with Crippen LogP contribution in [0.2, 0.25) is 0 Å². The van der Waals surface area contributed by atoms with E-state index in [1.165, 1.54) is 18.2 Å². The Morgan fingerprint density at radius 3 is 2.69 bits per heavy atom. The Bertz CT molecular complexity index is 346. The molecule has 0 saturated carbocycles. The van der Waals surface area contributed by atoms with Gasteiger partial charge in [0, 0.05) is 20.0 Å². The molecule has 0 saturated heterocycles. The first kappa shape index (κ1) is 13.3. The Kier molecular flexibility index (Phi) is 3.80. The zero-order chi connectivity index (χ0) is 12.4. The predicted octanol–water partition coefficient (Wildman–Crippen LogP) is 2.98. The van der Waals surface area contributed by atoms with Crippen molar-refractivity contribution in [1.29, 1.82) is 0 Å². The lowest BCUT2D eigenvalue weighted by atomic mass is 9.84. The average Bonchev–Trinajstić information content (AvgIpc) is 2.16. The van der Waals surface area contributed by atoms with Crippen LogP contribution in [0.25, 0.3) is 0 Å². The van der Waals surface area contributed by atoms with Crippen molar-refractivity contribution in [2.75, 3.05) is 7.11 Å². The van der Waals surface area contributed by atoms with E-state index < -0.39 is 23.4 Å². The smallest absolute Gasteiger partial charge is 0.364 e. The van der Waals surface area contributed by atoms with Crippen LogP contribution in [-0.4, -0.2) is 24.1 Å². The van der Waals surface area contributed by atoms with E-state index in [1.807, 2.05) is 0 Å². The monoisotopic (exact) mass is 254 g/mol. The predicted molar refractivity (Wildman–Crippen MR) is 53.1 cm³/mol. The normalized spacial score (nSPS) is 25.4. The van der Waals surface area contributed by atoms with Gasteiger partial charge >= 0.3 is 6.18 Å². The van der Waals surface area contributed by atoms with E-state index in [9.17, 15) is 18.0 Å². The molecule has 1 aliphatic carbocycles. The second-order valence-corrected chi connectivity index (χ2v) is 3.81. The number of hydrogen-bond acceptors (Lipinski definition) is 2. The van der Waals surface area contributed by atoms with E-state index in [2.05, 4.69) is 4.74 Å². The van der Waals surface area contributed by atoms with Gasteiger partial charge in [-0.25, -0.2) is 0 Å². The minimum Gasteiger partial charge on any atom is -0.364 e. The molecule has 0 radical (unpaired) electrons. The summed E-state index contributed by atoms with van der Waals surface area (Å²) in [5.41, 5.74) is -2.59. The molecule has 1 atom stereocenters. The molecular formula is C10H10ClF3O2. The summed E-state index contributed by atoms with van der Waals surface area (Å²) in [6, 6.07) is 0. The van der Waals surface area contributed by atoms with Crippen LogP contribution < -0.4 is 0 Å². The quantitative estimate of drug-likeness (QED) is 0.724. The molecule has 0 aromatic heterocycles. The molecule has 0 bridgehead atoms. The highest BCUT2D eigenvalue weighted by molar-refractivity contribution is 6.63. The van der Waals surface area contributed by atoms with Gasteiger partial charge in [-0.3, -0.25) is 4.79 Å². The van der Waals surface area contributed by atoms with E-state index in [0.29, 0.717) is 0 Å². The maximum absolute atomic E-state index is 12.9. The molecule has 6 heteroatoms. The van der Waals surface area contributed by atoms with E-state index in [1.54, 1.807) is 0 Å². The minimum absolute atomic E-state index is 0.162. The standard InChI is InChI=1S/C10H10ClF3O2/c1-16-9(10(12,13)14)5-3-2-4-7(9)6-8(11)15/h2-4H,5-6H2,1H3/t9-/m1/s1. The number of rotatable bonds is 3. The third-order valence-corrected chi connectivity index (χ3v) is 2.63. The molecule has 0 aromatic carbocycles. The highest BCUT2D eigenvalue weighted by atomic mass is 35.5. The molecule has 0 aliphatic heterocycles. The van der Waals surface area contributed by atoms with Crippen LogP contribution in [0.3, 0.4) is 0 Å². The molecule has 16 heavy (non-hydrogen) atoms. The number of carbonyl (C=O) groups excluding carboxylic acids is 1. The van der Waals surface area contributed by atoms with Gasteiger partial charge in [-0.1, -0.05) is 18.2 Å². The highest BCUT2D eigenvalue weighted by Crippen LogP contribution is 2.44. The van der Waals surface area contributed by atoms with Crippen LogP contribution in [0.4, 0.5) is 13.2 Å². The Balaban J connectivity index is 3.13. The Morgan fingerprint density at radius 1 is 1.62 bits per heavy atom. The average molecular weight is 255 g/mol. The number of halogens is 4. The summed E-state index contributed by atoms with van der Waals surface area (Å²) in [7, 11) is 0.971. The minimum atomic E-state index is -4.58. The zero-order valence-electron chi connectivity index (χ0n) is 8.47. The lowest BCUT2D eigenvalue weighted by Crippen LogP contribution is -2.49. The summed E-state index contributed by atoms with van der Waals surface area (Å²) in [6.07, 6.45) is -1.37. The van der Waals surface area contributed by atoms with Crippen LogP contribution in [-0.2, 0) is 9.53 Å². The maximum atomic E-state index is 12.9. The van der Waals surface area contributed by atoms with E-state index in [0.717, 1.165) is 7.11 Å². The van der Waals surface area contributed by atoms with Gasteiger partial charge in [-0.05, 0) is 17.2 Å². The third kappa shape index (κ3) is 2.30. The molecule has 0 heterocycles. The fraction of sp³-hybridized carbons (Fsp3) is 0.500. The zero-order valence-corrected chi connectivity index (χ0v) is 9.23. The lowest BCUT2D eigenvalue weighted by molar-refractivity contribution is -0.253. The molecule has 0 unspecified atom stereocenters. The lowest BCUT2D eigenvalue weighted by Gasteiger charge is -2.36. The van der Waals surface area contributed by atoms with E-state index in [-0.39, 0.29) is 12.0 Å². The molecule has 0 N–H and O–H groups in total. The van der Waals surface area contributed by atoms with Crippen LogP contribution >= 0.6 is 11.6 Å². The van der Waals surface area contributed by atoms with Crippen molar-refractivity contribution in [3.8, 4) is 0 Å². The second kappa shape index (κ2) is 4.59. The Hall–Kier alpha value is -0.810. The number of methoxy groups -OCH3 is 1. The summed E-state index contributed by atoms with van der Waals surface area (Å²) in [6.45, 7) is 0. The van der Waals surface area contributed by atoms with Crippen molar-refractivity contribution in [2.24, 2.45) is 0 Å². The number of alkyl halides is 3. The summed E-state index contributed by atoms with van der Waals surface area (Å²) < 4.78 is 43.4. The summed E-state index contributed by atoms with van der Waals surface area (Å²) >= 11 is 5.12. The maximum Gasteiger partial charge on any atom is 0.421 e. The fourth-order valence-corrected chi connectivity index (χ4v) is 1.81. The van der Waals surface area contributed by atoms with Crippen LogP contribution in [0.15, 0.2) is 23.8 Å². The SMILES string of the molecule is CO[C@]1(C(F)(F)F)CC=CC=C1CC(=O)Cl. The van der Waals surface area contributed by atoms with Gasteiger partial charge in [0.05, 0.1) is 0 Å². The largest absolute Gasteiger partial charge is 0.421 e. The number of allylic oxidation sites excluding steroid dienone is 2. The van der Waals surface area contributed by atoms with Gasteiger partial charge in [0.2, 0.25) is 5.24 Å². The summed E-state index contributed by atoms with van der Waals surface area (Å²) in [5, 5.41) is -0.841. The van der Waals surface area contributed by atoms with Gasteiger partial charge < -0.3 is 4.74 Å². The molecule has 0 fully saturated rings. The van der Waals surface area contributed by atoms with Crippen molar-refractivity contribution < 1.29 is 22.7 Å². The van der Waals surface area contributed by atoms with Gasteiger partial charge in [0.15, 0.2) is 5.60 Å². The summed E-state index contributed by atoms with van der Waals surface area (Å²) in [4.78, 5) is 10.7. The van der Waals surface area contributed by atoms with Crippen molar-refractivity contribution in [3.05, 3.63) is 23.8 Å².